The Bertz CT molecular complexity index is 146. The van der Waals surface area contributed by atoms with E-state index in [0.717, 1.165) is 0 Å². The van der Waals surface area contributed by atoms with Crippen molar-refractivity contribution < 1.29 is 0 Å². The summed E-state index contributed by atoms with van der Waals surface area (Å²) >= 11 is 29.3. The van der Waals surface area contributed by atoms with Gasteiger partial charge in [0.25, 0.3) is 0 Å². The zero-order chi connectivity index (χ0) is 8.65. The fourth-order valence-electron chi connectivity index (χ4n) is 1.04. The van der Waals surface area contributed by atoms with E-state index in [2.05, 4.69) is 0 Å². The van der Waals surface area contributed by atoms with E-state index in [1.807, 2.05) is 0 Å². The highest BCUT2D eigenvalue weighted by Crippen LogP contribution is 2.44. The molecule has 0 radical (unpaired) electrons. The maximum Gasteiger partial charge on any atom is 0.136 e. The third kappa shape index (κ3) is 2.22. The van der Waals surface area contributed by atoms with Gasteiger partial charge in [-0.2, -0.15) is 0 Å². The molecule has 1 aliphatic carbocycles. The van der Waals surface area contributed by atoms with Crippen molar-refractivity contribution in [2.24, 2.45) is 0 Å². The van der Waals surface area contributed by atoms with Gasteiger partial charge in [-0.3, -0.25) is 0 Å². The molecule has 1 aliphatic rings. The molecular formula is C6H7Cl5. The summed E-state index contributed by atoms with van der Waals surface area (Å²) in [5.74, 6) is 0. The second-order valence-corrected chi connectivity index (χ2v) is 5.74. The van der Waals surface area contributed by atoms with Crippen LogP contribution in [0.25, 0.3) is 0 Å². The first kappa shape index (κ1) is 10.5. The van der Waals surface area contributed by atoms with Crippen molar-refractivity contribution in [3.05, 3.63) is 0 Å². The Labute approximate surface area is 91.1 Å². The van der Waals surface area contributed by atoms with Crippen LogP contribution in [0, 0.1) is 0 Å². The van der Waals surface area contributed by atoms with Crippen molar-refractivity contribution >= 4 is 58.0 Å². The summed E-state index contributed by atoms with van der Waals surface area (Å²) < 4.78 is -0.917. The van der Waals surface area contributed by atoms with Gasteiger partial charge < -0.3 is 0 Å². The molecule has 66 valence electrons. The van der Waals surface area contributed by atoms with E-state index in [4.69, 9.17) is 58.0 Å². The Morgan fingerprint density at radius 1 is 1.09 bits per heavy atom. The van der Waals surface area contributed by atoms with E-state index in [-0.39, 0.29) is 10.8 Å². The van der Waals surface area contributed by atoms with Crippen LogP contribution in [-0.2, 0) is 0 Å². The van der Waals surface area contributed by atoms with E-state index in [9.17, 15) is 0 Å². The average Bonchev–Trinajstić information content (AvgIpc) is 1.95. The standard InChI is InChI=1S/C6H7Cl5/c7-3-1-2-6(10,11)5(9)4(3)8/h3-5H,1-2H2. The van der Waals surface area contributed by atoms with Crippen LogP contribution in [0.4, 0.5) is 0 Å². The fraction of sp³-hybridized carbons (Fsp3) is 1.00. The summed E-state index contributed by atoms with van der Waals surface area (Å²) in [6.07, 6.45) is 1.31. The molecule has 0 amide bonds. The van der Waals surface area contributed by atoms with Gasteiger partial charge in [-0.15, -0.1) is 34.8 Å². The lowest BCUT2D eigenvalue weighted by molar-refractivity contribution is 0.498. The molecule has 1 saturated carbocycles. The summed E-state index contributed by atoms with van der Waals surface area (Å²) in [7, 11) is 0. The third-order valence-electron chi connectivity index (χ3n) is 1.78. The van der Waals surface area contributed by atoms with Crippen LogP contribution >= 0.6 is 58.0 Å². The topological polar surface area (TPSA) is 0 Å². The lowest BCUT2D eigenvalue weighted by atomic mass is 9.98. The maximum absolute atomic E-state index is 5.87. The molecule has 0 aliphatic heterocycles. The van der Waals surface area contributed by atoms with Gasteiger partial charge >= 0.3 is 0 Å². The maximum atomic E-state index is 5.87. The molecule has 3 atom stereocenters. The molecule has 11 heavy (non-hydrogen) atoms. The van der Waals surface area contributed by atoms with Gasteiger partial charge in [0.05, 0.1) is 16.1 Å². The highest BCUT2D eigenvalue weighted by molar-refractivity contribution is 6.54. The van der Waals surface area contributed by atoms with Crippen molar-refractivity contribution in [2.75, 3.05) is 0 Å². The molecule has 0 aromatic heterocycles. The monoisotopic (exact) mass is 254 g/mol. The summed E-state index contributed by atoms with van der Waals surface area (Å²) in [5, 5.41) is -0.935. The number of hydrogen-bond acceptors (Lipinski definition) is 0. The SMILES string of the molecule is ClC1CCC(Cl)(Cl)C(Cl)C1Cl. The Kier molecular flexibility index (Phi) is 3.52. The van der Waals surface area contributed by atoms with Crippen molar-refractivity contribution in [1.82, 2.24) is 0 Å². The van der Waals surface area contributed by atoms with Crippen LogP contribution in [0.15, 0.2) is 0 Å². The van der Waals surface area contributed by atoms with Gasteiger partial charge in [-0.05, 0) is 12.8 Å². The van der Waals surface area contributed by atoms with E-state index >= 15 is 0 Å². The van der Waals surface area contributed by atoms with E-state index in [1.54, 1.807) is 0 Å². The molecule has 1 rings (SSSR count). The Morgan fingerprint density at radius 2 is 1.64 bits per heavy atom. The predicted molar refractivity (Wildman–Crippen MR) is 52.6 cm³/mol. The van der Waals surface area contributed by atoms with E-state index in [1.165, 1.54) is 0 Å². The first-order chi connectivity index (χ1) is 4.95. The number of alkyl halides is 5. The molecule has 0 aromatic carbocycles. The highest BCUT2D eigenvalue weighted by Gasteiger charge is 2.45. The third-order valence-corrected chi connectivity index (χ3v) is 4.80. The molecule has 3 unspecified atom stereocenters. The van der Waals surface area contributed by atoms with Crippen LogP contribution < -0.4 is 0 Å². The lowest BCUT2D eigenvalue weighted by Gasteiger charge is -2.36. The van der Waals surface area contributed by atoms with Gasteiger partial charge in [0.15, 0.2) is 0 Å². The largest absolute Gasteiger partial charge is 0.136 e. The second kappa shape index (κ2) is 3.67. The van der Waals surface area contributed by atoms with Crippen molar-refractivity contribution in [3.63, 3.8) is 0 Å². The van der Waals surface area contributed by atoms with Gasteiger partial charge in [-0.1, -0.05) is 23.2 Å². The van der Waals surface area contributed by atoms with Crippen LogP contribution in [0.3, 0.4) is 0 Å². The minimum absolute atomic E-state index is 0.121. The quantitative estimate of drug-likeness (QED) is 0.579. The summed E-state index contributed by atoms with van der Waals surface area (Å²) in [6, 6.07) is 0. The zero-order valence-electron chi connectivity index (χ0n) is 5.54. The predicted octanol–water partition coefficient (Wildman–Crippen LogP) is 3.78. The molecule has 0 nitrogen and oxygen atoms in total. The summed E-state index contributed by atoms with van der Waals surface area (Å²) in [4.78, 5) is 0. The molecular weight excluding hydrogens is 249 g/mol. The van der Waals surface area contributed by atoms with Crippen molar-refractivity contribution in [1.29, 1.82) is 0 Å². The molecule has 0 aromatic rings. The molecule has 0 heterocycles. The van der Waals surface area contributed by atoms with Crippen LogP contribution in [-0.4, -0.2) is 20.5 Å². The zero-order valence-corrected chi connectivity index (χ0v) is 9.32. The second-order valence-electron chi connectivity index (χ2n) is 2.66. The fourth-order valence-corrected chi connectivity index (χ4v) is 2.62. The number of halogens is 5. The van der Waals surface area contributed by atoms with Crippen molar-refractivity contribution in [3.8, 4) is 0 Å². The summed E-state index contributed by atoms with van der Waals surface area (Å²) in [6.45, 7) is 0. The van der Waals surface area contributed by atoms with Crippen LogP contribution in [0.5, 0.6) is 0 Å². The van der Waals surface area contributed by atoms with E-state index < -0.39 is 9.71 Å². The number of hydrogen-bond donors (Lipinski definition) is 0. The van der Waals surface area contributed by atoms with Gasteiger partial charge in [0.2, 0.25) is 0 Å². The van der Waals surface area contributed by atoms with Gasteiger partial charge in [0.1, 0.15) is 4.33 Å². The lowest BCUT2D eigenvalue weighted by Crippen LogP contribution is -2.44. The highest BCUT2D eigenvalue weighted by atomic mass is 35.5. The number of rotatable bonds is 0. The normalized spacial score (nSPS) is 43.9. The Hall–Kier alpha value is 1.45. The molecule has 0 saturated heterocycles. The van der Waals surface area contributed by atoms with Crippen molar-refractivity contribution in [2.45, 2.75) is 33.3 Å². The average molecular weight is 256 g/mol. The molecule has 0 N–H and O–H groups in total. The minimum Gasteiger partial charge on any atom is -0.121 e. The van der Waals surface area contributed by atoms with Gasteiger partial charge in [0, 0.05) is 0 Å². The first-order valence-corrected chi connectivity index (χ1v) is 5.31. The molecule has 0 spiro atoms. The molecule has 0 bridgehead atoms. The Morgan fingerprint density at radius 3 is 2.09 bits per heavy atom. The summed E-state index contributed by atoms with van der Waals surface area (Å²) in [5.41, 5.74) is 0. The van der Waals surface area contributed by atoms with Crippen LogP contribution in [0.2, 0.25) is 0 Å². The smallest absolute Gasteiger partial charge is 0.121 e. The van der Waals surface area contributed by atoms with E-state index in [0.29, 0.717) is 12.8 Å². The molecule has 5 heteroatoms. The first-order valence-electron chi connectivity index (χ1n) is 3.25. The van der Waals surface area contributed by atoms with Crippen LogP contribution in [0.1, 0.15) is 12.8 Å². The Balaban J connectivity index is 2.67. The minimum atomic E-state index is -0.917. The van der Waals surface area contributed by atoms with Gasteiger partial charge in [-0.25, -0.2) is 0 Å². The molecule has 1 fully saturated rings.